The first-order valence-electron chi connectivity index (χ1n) is 7.32. The van der Waals surface area contributed by atoms with E-state index in [-0.39, 0.29) is 30.1 Å². The fourth-order valence-corrected chi connectivity index (χ4v) is 1.35. The van der Waals surface area contributed by atoms with Crippen molar-refractivity contribution in [2.24, 2.45) is 10.7 Å². The maximum atomic E-state index is 11.7. The molecule has 0 atom stereocenters. The molecule has 0 spiro atoms. The molecule has 0 unspecified atom stereocenters. The van der Waals surface area contributed by atoms with Gasteiger partial charge in [-0.2, -0.15) is 0 Å². The minimum absolute atomic E-state index is 0. The SMILES string of the molecule is CCOCCCN=C(N)NCCN(C)C(=O)OC(C)(C)C.I. The van der Waals surface area contributed by atoms with Gasteiger partial charge in [-0.3, -0.25) is 4.99 Å². The average Bonchev–Trinajstić information content (AvgIpc) is 2.36. The molecule has 0 bridgehead atoms. The second-order valence-electron chi connectivity index (χ2n) is 5.65. The number of amides is 1. The standard InChI is InChI=1S/C14H30N4O3.HI/c1-6-20-11-7-8-16-12(15)17-9-10-18(5)13(19)21-14(2,3)4;/h6-11H2,1-5H3,(H3,15,16,17);1H. The molecule has 8 heteroatoms. The van der Waals surface area contributed by atoms with E-state index in [1.54, 1.807) is 7.05 Å². The molecular formula is C14H31IN4O3. The Bertz CT molecular complexity index is 333. The van der Waals surface area contributed by atoms with Gasteiger partial charge in [0.25, 0.3) is 0 Å². The van der Waals surface area contributed by atoms with E-state index in [1.165, 1.54) is 4.90 Å². The van der Waals surface area contributed by atoms with Gasteiger partial charge in [0.05, 0.1) is 0 Å². The maximum Gasteiger partial charge on any atom is 0.410 e. The van der Waals surface area contributed by atoms with Crippen LogP contribution in [-0.2, 0) is 9.47 Å². The average molecular weight is 430 g/mol. The van der Waals surface area contributed by atoms with Gasteiger partial charge in [0.1, 0.15) is 5.60 Å². The molecule has 3 N–H and O–H groups in total. The van der Waals surface area contributed by atoms with Crippen LogP contribution in [0.4, 0.5) is 4.79 Å². The van der Waals surface area contributed by atoms with Gasteiger partial charge in [-0.1, -0.05) is 0 Å². The van der Waals surface area contributed by atoms with Crippen LogP contribution in [0.25, 0.3) is 0 Å². The van der Waals surface area contributed by atoms with Crippen molar-refractivity contribution in [3.63, 3.8) is 0 Å². The Balaban J connectivity index is 0. The summed E-state index contributed by atoms with van der Waals surface area (Å²) in [5.41, 5.74) is 5.23. The van der Waals surface area contributed by atoms with Crippen molar-refractivity contribution in [3.05, 3.63) is 0 Å². The van der Waals surface area contributed by atoms with E-state index in [9.17, 15) is 4.79 Å². The number of halogens is 1. The van der Waals surface area contributed by atoms with E-state index in [1.807, 2.05) is 27.7 Å². The number of aliphatic imine (C=N–C) groups is 1. The highest BCUT2D eigenvalue weighted by atomic mass is 127. The van der Waals surface area contributed by atoms with Gasteiger partial charge in [-0.05, 0) is 34.1 Å². The second-order valence-corrected chi connectivity index (χ2v) is 5.65. The fourth-order valence-electron chi connectivity index (χ4n) is 1.35. The summed E-state index contributed by atoms with van der Waals surface area (Å²) in [6, 6.07) is 0. The largest absolute Gasteiger partial charge is 0.444 e. The van der Waals surface area contributed by atoms with Crippen LogP contribution in [0.3, 0.4) is 0 Å². The van der Waals surface area contributed by atoms with Crippen LogP contribution in [0, 0.1) is 0 Å². The first-order valence-corrected chi connectivity index (χ1v) is 7.32. The Kier molecular flexibility index (Phi) is 13.6. The summed E-state index contributed by atoms with van der Waals surface area (Å²) >= 11 is 0. The Labute approximate surface area is 151 Å². The lowest BCUT2D eigenvalue weighted by Crippen LogP contribution is -2.41. The molecule has 0 aromatic carbocycles. The van der Waals surface area contributed by atoms with Crippen molar-refractivity contribution < 1.29 is 14.3 Å². The van der Waals surface area contributed by atoms with Gasteiger partial charge in [0.15, 0.2) is 5.96 Å². The quantitative estimate of drug-likeness (QED) is 0.265. The van der Waals surface area contributed by atoms with Crippen molar-refractivity contribution in [1.82, 2.24) is 10.2 Å². The number of ether oxygens (including phenoxy) is 2. The predicted molar refractivity (Wildman–Crippen MR) is 99.9 cm³/mol. The van der Waals surface area contributed by atoms with Gasteiger partial charge in [-0.15, -0.1) is 24.0 Å². The summed E-state index contributed by atoms with van der Waals surface area (Å²) in [5.74, 6) is 0.379. The number of hydrogen-bond acceptors (Lipinski definition) is 4. The molecular weight excluding hydrogens is 399 g/mol. The first-order chi connectivity index (χ1) is 9.76. The summed E-state index contributed by atoms with van der Waals surface area (Å²) in [7, 11) is 1.69. The number of nitrogens with two attached hydrogens (primary N) is 1. The number of carbonyl (C=O) groups excluding carboxylic acids is 1. The number of likely N-dealkylation sites (N-methyl/N-ethyl adjacent to an activating group) is 1. The van der Waals surface area contributed by atoms with E-state index >= 15 is 0 Å². The Morgan fingerprint density at radius 1 is 1.36 bits per heavy atom. The van der Waals surface area contributed by atoms with Crippen LogP contribution in [0.2, 0.25) is 0 Å². The molecule has 0 aromatic rings. The molecule has 132 valence electrons. The molecule has 0 saturated heterocycles. The zero-order chi connectivity index (χ0) is 16.3. The van der Waals surface area contributed by atoms with Crippen molar-refractivity contribution in [2.75, 3.05) is 39.9 Å². The monoisotopic (exact) mass is 430 g/mol. The van der Waals surface area contributed by atoms with Crippen molar-refractivity contribution in [2.45, 2.75) is 39.7 Å². The topological polar surface area (TPSA) is 89.2 Å². The third kappa shape index (κ3) is 14.2. The number of rotatable bonds is 8. The lowest BCUT2D eigenvalue weighted by Gasteiger charge is -2.24. The van der Waals surface area contributed by atoms with Crippen LogP contribution in [-0.4, -0.2) is 62.4 Å². The molecule has 0 rings (SSSR count). The number of guanidine groups is 1. The summed E-state index contributed by atoms with van der Waals surface area (Å²) in [5, 5.41) is 2.96. The molecule has 0 aliphatic heterocycles. The lowest BCUT2D eigenvalue weighted by molar-refractivity contribution is 0.0302. The molecule has 7 nitrogen and oxygen atoms in total. The zero-order valence-electron chi connectivity index (χ0n) is 14.3. The smallest absolute Gasteiger partial charge is 0.410 e. The molecule has 1 amide bonds. The highest BCUT2D eigenvalue weighted by Gasteiger charge is 2.19. The molecule has 0 aliphatic rings. The predicted octanol–water partition coefficient (Wildman–Crippen LogP) is 1.80. The third-order valence-corrected chi connectivity index (χ3v) is 2.39. The van der Waals surface area contributed by atoms with Gasteiger partial charge < -0.3 is 25.4 Å². The zero-order valence-corrected chi connectivity index (χ0v) is 16.7. The van der Waals surface area contributed by atoms with E-state index in [4.69, 9.17) is 15.2 Å². The number of hydrogen-bond donors (Lipinski definition) is 2. The first kappa shape index (κ1) is 23.5. The minimum Gasteiger partial charge on any atom is -0.444 e. The fraction of sp³-hybridized carbons (Fsp3) is 0.857. The molecule has 0 aliphatic carbocycles. The lowest BCUT2D eigenvalue weighted by atomic mass is 10.2. The van der Waals surface area contributed by atoms with Gasteiger partial charge >= 0.3 is 6.09 Å². The Morgan fingerprint density at radius 2 is 2.00 bits per heavy atom. The maximum absolute atomic E-state index is 11.7. The minimum atomic E-state index is -0.486. The van der Waals surface area contributed by atoms with Crippen LogP contribution in [0.5, 0.6) is 0 Å². The third-order valence-electron chi connectivity index (χ3n) is 2.39. The number of carbonyl (C=O) groups is 1. The van der Waals surface area contributed by atoms with Crippen molar-refractivity contribution >= 4 is 36.0 Å². The summed E-state index contributed by atoms with van der Waals surface area (Å²) in [4.78, 5) is 17.4. The van der Waals surface area contributed by atoms with Crippen LogP contribution in [0.15, 0.2) is 4.99 Å². The second kappa shape index (κ2) is 12.7. The van der Waals surface area contributed by atoms with Crippen molar-refractivity contribution in [1.29, 1.82) is 0 Å². The molecule has 0 heterocycles. The molecule has 0 radical (unpaired) electrons. The summed E-state index contributed by atoms with van der Waals surface area (Å²) in [6.07, 6.45) is 0.491. The van der Waals surface area contributed by atoms with Crippen LogP contribution in [0.1, 0.15) is 34.1 Å². The van der Waals surface area contributed by atoms with E-state index in [0.717, 1.165) is 6.42 Å². The molecule has 0 fully saturated rings. The highest BCUT2D eigenvalue weighted by Crippen LogP contribution is 2.08. The van der Waals surface area contributed by atoms with Crippen molar-refractivity contribution in [3.8, 4) is 0 Å². The molecule has 0 aromatic heterocycles. The Morgan fingerprint density at radius 3 is 2.55 bits per heavy atom. The number of nitrogens with one attached hydrogen (secondary N) is 1. The van der Waals surface area contributed by atoms with E-state index in [2.05, 4.69) is 10.3 Å². The number of nitrogens with zero attached hydrogens (tertiary/aromatic N) is 2. The Hall–Kier alpha value is -0.770. The van der Waals surface area contributed by atoms with Crippen LogP contribution >= 0.6 is 24.0 Å². The van der Waals surface area contributed by atoms with Gasteiger partial charge in [-0.25, -0.2) is 4.79 Å². The van der Waals surface area contributed by atoms with Gasteiger partial charge in [0, 0.05) is 39.9 Å². The normalized spacial score (nSPS) is 11.6. The summed E-state index contributed by atoms with van der Waals surface area (Å²) < 4.78 is 10.4. The summed E-state index contributed by atoms with van der Waals surface area (Å²) in [6.45, 7) is 10.5. The molecule has 0 saturated carbocycles. The van der Waals surface area contributed by atoms with E-state index < -0.39 is 5.60 Å². The van der Waals surface area contributed by atoms with Crippen LogP contribution < -0.4 is 11.1 Å². The highest BCUT2D eigenvalue weighted by molar-refractivity contribution is 14.0. The molecule has 22 heavy (non-hydrogen) atoms. The van der Waals surface area contributed by atoms with E-state index in [0.29, 0.717) is 38.8 Å². The van der Waals surface area contributed by atoms with Gasteiger partial charge in [0.2, 0.25) is 0 Å².